The molecular formula is C20H19N3O4S. The summed E-state index contributed by atoms with van der Waals surface area (Å²) in [6.07, 6.45) is 0. The zero-order valence-electron chi connectivity index (χ0n) is 15.9. The number of methoxy groups -OCH3 is 1. The largest absolute Gasteiger partial charge is 0.494 e. The Morgan fingerprint density at radius 1 is 1.11 bits per heavy atom. The summed E-state index contributed by atoms with van der Waals surface area (Å²) in [7, 11) is -0.795. The van der Waals surface area contributed by atoms with Crippen molar-refractivity contribution in [1.29, 1.82) is 5.26 Å². The van der Waals surface area contributed by atoms with Crippen molar-refractivity contribution in [1.82, 2.24) is 4.57 Å². The van der Waals surface area contributed by atoms with E-state index in [0.29, 0.717) is 22.4 Å². The summed E-state index contributed by atoms with van der Waals surface area (Å²) in [5.41, 5.74) is 2.54. The van der Waals surface area contributed by atoms with Crippen LogP contribution in [-0.2, 0) is 17.1 Å². The zero-order valence-corrected chi connectivity index (χ0v) is 16.7. The number of benzene rings is 2. The van der Waals surface area contributed by atoms with Gasteiger partial charge in [0, 0.05) is 24.1 Å². The molecule has 2 aromatic carbocycles. The molecule has 1 N–H and O–H groups in total. The van der Waals surface area contributed by atoms with Crippen molar-refractivity contribution < 1.29 is 13.2 Å². The first kappa shape index (κ1) is 19.5. The van der Waals surface area contributed by atoms with Gasteiger partial charge in [0.2, 0.25) is 0 Å². The number of anilines is 1. The lowest BCUT2D eigenvalue weighted by atomic mass is 10.0. The summed E-state index contributed by atoms with van der Waals surface area (Å²) in [5, 5.41) is 9.62. The Balaban J connectivity index is 2.17. The van der Waals surface area contributed by atoms with Crippen molar-refractivity contribution in [2.75, 3.05) is 11.8 Å². The van der Waals surface area contributed by atoms with E-state index in [1.807, 2.05) is 13.0 Å². The average Bonchev–Trinajstić information content (AvgIpc) is 2.70. The number of aryl methyl sites for hydroxylation is 2. The van der Waals surface area contributed by atoms with Crippen molar-refractivity contribution in [2.24, 2.45) is 7.05 Å². The van der Waals surface area contributed by atoms with Crippen LogP contribution in [0.2, 0.25) is 0 Å². The summed E-state index contributed by atoms with van der Waals surface area (Å²) in [5.74, 6) is 0.294. The Hall–Kier alpha value is -3.31. The number of ether oxygens (including phenoxy) is 1. The number of hydrogen-bond donors (Lipinski definition) is 1. The van der Waals surface area contributed by atoms with Crippen LogP contribution in [0.15, 0.2) is 46.1 Å². The lowest BCUT2D eigenvalue weighted by Gasteiger charge is -2.16. The minimum absolute atomic E-state index is 0.0296. The molecule has 0 radical (unpaired) electrons. The van der Waals surface area contributed by atoms with Crippen LogP contribution in [-0.4, -0.2) is 20.1 Å². The highest BCUT2D eigenvalue weighted by atomic mass is 32.2. The average molecular weight is 397 g/mol. The molecule has 3 aromatic rings. The number of nitrogens with one attached hydrogen (secondary N) is 1. The quantitative estimate of drug-likeness (QED) is 0.729. The fourth-order valence-corrected chi connectivity index (χ4v) is 4.09. The summed E-state index contributed by atoms with van der Waals surface area (Å²) in [4.78, 5) is 12.4. The molecule has 0 spiro atoms. The van der Waals surface area contributed by atoms with Crippen molar-refractivity contribution in [2.45, 2.75) is 18.7 Å². The standard InChI is InChI=1S/C20H19N3O4S/c1-12-13(2)20(24)23(3)18-10-19(27-4)17(9-16(12)18)22-28(25,26)15-7-5-14(11-21)6-8-15/h5-10,22H,1-4H3. The summed E-state index contributed by atoms with van der Waals surface area (Å²) < 4.78 is 35.0. The first-order valence-electron chi connectivity index (χ1n) is 8.40. The number of rotatable bonds is 4. The van der Waals surface area contributed by atoms with Crippen LogP contribution in [0, 0.1) is 25.2 Å². The topological polar surface area (TPSA) is 101 Å². The maximum absolute atomic E-state index is 12.8. The van der Waals surface area contributed by atoms with E-state index < -0.39 is 10.0 Å². The van der Waals surface area contributed by atoms with Crippen LogP contribution < -0.4 is 15.0 Å². The van der Waals surface area contributed by atoms with E-state index in [0.717, 1.165) is 10.9 Å². The Morgan fingerprint density at radius 2 is 1.75 bits per heavy atom. The molecule has 0 saturated carbocycles. The fraction of sp³-hybridized carbons (Fsp3) is 0.200. The molecule has 3 rings (SSSR count). The highest BCUT2D eigenvalue weighted by Crippen LogP contribution is 2.33. The molecule has 0 aliphatic rings. The van der Waals surface area contributed by atoms with Gasteiger partial charge < -0.3 is 9.30 Å². The van der Waals surface area contributed by atoms with E-state index in [-0.39, 0.29) is 16.1 Å². The minimum atomic E-state index is -3.89. The molecular weight excluding hydrogens is 378 g/mol. The van der Waals surface area contributed by atoms with Gasteiger partial charge in [0.15, 0.2) is 0 Å². The normalized spacial score (nSPS) is 11.2. The van der Waals surface area contributed by atoms with Gasteiger partial charge in [-0.3, -0.25) is 9.52 Å². The number of sulfonamides is 1. The molecule has 0 saturated heterocycles. The molecule has 7 nitrogen and oxygen atoms in total. The molecule has 28 heavy (non-hydrogen) atoms. The first-order valence-corrected chi connectivity index (χ1v) is 9.89. The Bertz CT molecular complexity index is 1280. The Labute approximate surface area is 162 Å². The Morgan fingerprint density at radius 3 is 2.32 bits per heavy atom. The molecule has 0 aliphatic heterocycles. The highest BCUT2D eigenvalue weighted by Gasteiger charge is 2.19. The van der Waals surface area contributed by atoms with Crippen LogP contribution >= 0.6 is 0 Å². The van der Waals surface area contributed by atoms with E-state index >= 15 is 0 Å². The van der Waals surface area contributed by atoms with E-state index in [2.05, 4.69) is 4.72 Å². The fourth-order valence-electron chi connectivity index (χ4n) is 3.03. The number of fused-ring (bicyclic) bond motifs is 1. The van der Waals surface area contributed by atoms with Gasteiger partial charge >= 0.3 is 0 Å². The summed E-state index contributed by atoms with van der Waals surface area (Å²) in [6.45, 7) is 3.56. The second kappa shape index (κ2) is 7.02. The maximum Gasteiger partial charge on any atom is 0.262 e. The van der Waals surface area contributed by atoms with E-state index in [4.69, 9.17) is 10.00 Å². The predicted octanol–water partition coefficient (Wildman–Crippen LogP) is 2.84. The smallest absolute Gasteiger partial charge is 0.262 e. The molecule has 0 fully saturated rings. The monoisotopic (exact) mass is 397 g/mol. The van der Waals surface area contributed by atoms with Gasteiger partial charge in [-0.15, -0.1) is 0 Å². The number of nitrogens with zero attached hydrogens (tertiary/aromatic N) is 2. The molecule has 1 heterocycles. The highest BCUT2D eigenvalue weighted by molar-refractivity contribution is 7.92. The van der Waals surface area contributed by atoms with Crippen LogP contribution in [0.5, 0.6) is 5.75 Å². The van der Waals surface area contributed by atoms with E-state index in [1.165, 1.54) is 35.9 Å². The lowest BCUT2D eigenvalue weighted by Crippen LogP contribution is -2.21. The lowest BCUT2D eigenvalue weighted by molar-refractivity contribution is 0.417. The van der Waals surface area contributed by atoms with Crippen molar-refractivity contribution >= 4 is 26.6 Å². The summed E-state index contributed by atoms with van der Waals surface area (Å²) >= 11 is 0. The molecule has 8 heteroatoms. The van der Waals surface area contributed by atoms with Gasteiger partial charge in [-0.1, -0.05) is 0 Å². The van der Waals surface area contributed by atoms with Crippen molar-refractivity contribution in [3.8, 4) is 11.8 Å². The third-order valence-corrected chi connectivity index (χ3v) is 6.19. The SMILES string of the molecule is COc1cc2c(cc1NS(=O)(=O)c1ccc(C#N)cc1)c(C)c(C)c(=O)n2C. The van der Waals surface area contributed by atoms with Gasteiger partial charge in [0.1, 0.15) is 5.75 Å². The van der Waals surface area contributed by atoms with Gasteiger partial charge in [-0.05, 0) is 49.7 Å². The van der Waals surface area contributed by atoms with Gasteiger partial charge in [0.05, 0.1) is 34.8 Å². The number of aromatic nitrogens is 1. The molecule has 0 unspecified atom stereocenters. The molecule has 144 valence electrons. The number of nitriles is 1. The third kappa shape index (κ3) is 3.21. The minimum Gasteiger partial charge on any atom is -0.494 e. The number of pyridine rings is 1. The molecule has 0 bridgehead atoms. The van der Waals surface area contributed by atoms with Crippen LogP contribution in [0.1, 0.15) is 16.7 Å². The van der Waals surface area contributed by atoms with Gasteiger partial charge in [-0.2, -0.15) is 5.26 Å². The van der Waals surface area contributed by atoms with Crippen molar-refractivity contribution in [3.63, 3.8) is 0 Å². The number of hydrogen-bond acceptors (Lipinski definition) is 5. The predicted molar refractivity (Wildman–Crippen MR) is 107 cm³/mol. The maximum atomic E-state index is 12.8. The van der Waals surface area contributed by atoms with Crippen LogP contribution in [0.25, 0.3) is 10.9 Å². The van der Waals surface area contributed by atoms with Crippen LogP contribution in [0.3, 0.4) is 0 Å². The first-order chi connectivity index (χ1) is 13.2. The molecule has 0 aliphatic carbocycles. The molecule has 0 amide bonds. The third-order valence-electron chi connectivity index (χ3n) is 4.81. The molecule has 0 atom stereocenters. The van der Waals surface area contributed by atoms with E-state index in [1.54, 1.807) is 26.1 Å². The Kier molecular flexibility index (Phi) is 4.87. The van der Waals surface area contributed by atoms with Gasteiger partial charge in [0.25, 0.3) is 15.6 Å². The van der Waals surface area contributed by atoms with Crippen molar-refractivity contribution in [3.05, 3.63) is 63.4 Å². The van der Waals surface area contributed by atoms with Gasteiger partial charge in [-0.25, -0.2) is 8.42 Å². The second-order valence-corrected chi connectivity index (χ2v) is 8.11. The van der Waals surface area contributed by atoms with E-state index in [9.17, 15) is 13.2 Å². The molecule has 1 aromatic heterocycles. The second-order valence-electron chi connectivity index (χ2n) is 6.43. The van der Waals surface area contributed by atoms with Crippen LogP contribution in [0.4, 0.5) is 5.69 Å². The summed E-state index contributed by atoms with van der Waals surface area (Å²) in [6, 6.07) is 10.9. The zero-order chi connectivity index (χ0) is 20.6.